The van der Waals surface area contributed by atoms with Crippen molar-refractivity contribution in [3.05, 3.63) is 58.9 Å². The number of allylic oxidation sites excluding steroid dienone is 1. The molecule has 1 aliphatic carbocycles. The standard InChI is InChI=1S/C27H33NO6/c1-17-13-19(7-8-21(17)30-3)27-10-9-20(16-24(27)28(2)12-11-27)34-26(29)18-14-22(31-4)25(33-6)23(15-18)32-5/h7-8,13-16,24H,9-12H2,1-6H3. The van der Waals surface area contributed by atoms with Crippen LogP contribution in [0.1, 0.15) is 40.7 Å². The third kappa shape index (κ3) is 4.09. The van der Waals surface area contributed by atoms with Gasteiger partial charge in [0.2, 0.25) is 5.75 Å². The fourth-order valence-corrected chi connectivity index (χ4v) is 5.36. The zero-order valence-electron chi connectivity index (χ0n) is 20.8. The molecule has 0 N–H and O–H groups in total. The third-order valence-electron chi connectivity index (χ3n) is 7.21. The van der Waals surface area contributed by atoms with Gasteiger partial charge in [0.05, 0.1) is 34.0 Å². The highest BCUT2D eigenvalue weighted by atomic mass is 16.5. The quantitative estimate of drug-likeness (QED) is 0.555. The van der Waals surface area contributed by atoms with Crippen LogP contribution >= 0.6 is 0 Å². The van der Waals surface area contributed by atoms with Crippen LogP contribution in [0.15, 0.2) is 42.2 Å². The minimum Gasteiger partial charge on any atom is -0.496 e. The van der Waals surface area contributed by atoms with E-state index >= 15 is 0 Å². The molecular formula is C27H33NO6. The van der Waals surface area contributed by atoms with Crippen molar-refractivity contribution in [3.8, 4) is 23.0 Å². The summed E-state index contributed by atoms with van der Waals surface area (Å²) in [6, 6.07) is 9.85. The van der Waals surface area contributed by atoms with Crippen molar-refractivity contribution in [2.75, 3.05) is 42.0 Å². The number of aryl methyl sites for hydroxylation is 1. The van der Waals surface area contributed by atoms with Crippen molar-refractivity contribution >= 4 is 5.97 Å². The fourth-order valence-electron chi connectivity index (χ4n) is 5.36. The van der Waals surface area contributed by atoms with E-state index in [0.717, 1.165) is 30.7 Å². The number of likely N-dealkylation sites (N-methyl/N-ethyl adjacent to an activating group) is 1. The predicted octanol–water partition coefficient (Wildman–Crippen LogP) is 4.51. The maximum absolute atomic E-state index is 13.0. The Morgan fingerprint density at radius 1 is 0.941 bits per heavy atom. The van der Waals surface area contributed by atoms with E-state index in [1.165, 1.54) is 26.9 Å². The van der Waals surface area contributed by atoms with Gasteiger partial charge in [-0.1, -0.05) is 12.1 Å². The summed E-state index contributed by atoms with van der Waals surface area (Å²) in [6.45, 7) is 3.07. The first-order valence-corrected chi connectivity index (χ1v) is 11.4. The number of ether oxygens (including phenoxy) is 5. The minimum atomic E-state index is -0.445. The molecule has 0 spiro atoms. The molecule has 2 atom stereocenters. The number of carbonyl (C=O) groups is 1. The molecule has 7 heteroatoms. The first kappa shape index (κ1) is 24.0. The topological polar surface area (TPSA) is 66.5 Å². The van der Waals surface area contributed by atoms with Crippen LogP contribution in [0.5, 0.6) is 23.0 Å². The molecule has 2 unspecified atom stereocenters. The number of carbonyl (C=O) groups excluding carboxylic acids is 1. The lowest BCUT2D eigenvalue weighted by atomic mass is 9.68. The van der Waals surface area contributed by atoms with Crippen LogP contribution in [0.3, 0.4) is 0 Å². The van der Waals surface area contributed by atoms with E-state index in [1.807, 2.05) is 0 Å². The van der Waals surface area contributed by atoms with Gasteiger partial charge in [0.25, 0.3) is 0 Å². The average molecular weight is 468 g/mol. The number of likely N-dealkylation sites (tertiary alicyclic amines) is 1. The Kier molecular flexibility index (Phi) is 6.75. The van der Waals surface area contributed by atoms with Crippen LogP contribution in [0, 0.1) is 6.92 Å². The molecule has 182 valence electrons. The van der Waals surface area contributed by atoms with E-state index in [9.17, 15) is 4.79 Å². The van der Waals surface area contributed by atoms with Crippen molar-refractivity contribution in [2.24, 2.45) is 0 Å². The Labute approximate surface area is 201 Å². The molecule has 0 amide bonds. The Bertz CT molecular complexity index is 1090. The summed E-state index contributed by atoms with van der Waals surface area (Å²) in [7, 11) is 8.40. The summed E-state index contributed by atoms with van der Waals surface area (Å²) in [4.78, 5) is 15.4. The number of fused-ring (bicyclic) bond motifs is 1. The van der Waals surface area contributed by atoms with Gasteiger partial charge < -0.3 is 23.7 Å². The van der Waals surface area contributed by atoms with Crippen LogP contribution in [0.4, 0.5) is 0 Å². The van der Waals surface area contributed by atoms with Gasteiger partial charge in [-0.3, -0.25) is 4.90 Å². The molecule has 1 saturated heterocycles. The van der Waals surface area contributed by atoms with Crippen LogP contribution in [-0.2, 0) is 10.2 Å². The highest BCUT2D eigenvalue weighted by Gasteiger charge is 2.48. The summed E-state index contributed by atoms with van der Waals surface area (Å²) >= 11 is 0. The molecule has 4 rings (SSSR count). The van der Waals surface area contributed by atoms with Gasteiger partial charge in [-0.15, -0.1) is 0 Å². The van der Waals surface area contributed by atoms with E-state index < -0.39 is 5.97 Å². The number of rotatable bonds is 7. The first-order chi connectivity index (χ1) is 16.4. The first-order valence-electron chi connectivity index (χ1n) is 11.4. The van der Waals surface area contributed by atoms with Crippen LogP contribution in [0.25, 0.3) is 0 Å². The molecule has 0 bridgehead atoms. The minimum absolute atomic E-state index is 0.00571. The highest BCUT2D eigenvalue weighted by Crippen LogP contribution is 2.48. The molecule has 7 nitrogen and oxygen atoms in total. The van der Waals surface area contributed by atoms with Crippen LogP contribution in [0.2, 0.25) is 0 Å². The Morgan fingerprint density at radius 3 is 2.21 bits per heavy atom. The third-order valence-corrected chi connectivity index (χ3v) is 7.21. The fraction of sp³-hybridized carbons (Fsp3) is 0.444. The summed E-state index contributed by atoms with van der Waals surface area (Å²) in [5, 5.41) is 0. The molecule has 1 aliphatic heterocycles. The lowest BCUT2D eigenvalue weighted by Crippen LogP contribution is -2.42. The van der Waals surface area contributed by atoms with Crippen molar-refractivity contribution in [1.82, 2.24) is 4.90 Å². The van der Waals surface area contributed by atoms with Crippen molar-refractivity contribution in [1.29, 1.82) is 0 Å². The van der Waals surface area contributed by atoms with E-state index in [4.69, 9.17) is 23.7 Å². The smallest absolute Gasteiger partial charge is 0.343 e. The number of hydrogen-bond acceptors (Lipinski definition) is 7. The zero-order chi connectivity index (χ0) is 24.5. The molecule has 2 aromatic rings. The van der Waals surface area contributed by atoms with Gasteiger partial charge in [0, 0.05) is 17.9 Å². The number of methoxy groups -OCH3 is 4. The van der Waals surface area contributed by atoms with Crippen molar-refractivity contribution in [2.45, 2.75) is 37.6 Å². The van der Waals surface area contributed by atoms with Crippen molar-refractivity contribution in [3.63, 3.8) is 0 Å². The Morgan fingerprint density at radius 2 is 1.62 bits per heavy atom. The van der Waals surface area contributed by atoms with Gasteiger partial charge in [0.1, 0.15) is 11.5 Å². The second-order valence-electron chi connectivity index (χ2n) is 8.95. The number of esters is 1. The van der Waals surface area contributed by atoms with Gasteiger partial charge in [-0.2, -0.15) is 0 Å². The number of nitrogens with zero attached hydrogens (tertiary/aromatic N) is 1. The molecule has 1 fully saturated rings. The Hall–Kier alpha value is -3.19. The molecule has 2 aromatic carbocycles. The number of benzene rings is 2. The number of hydrogen-bond donors (Lipinski definition) is 0. The average Bonchev–Trinajstić information content (AvgIpc) is 3.19. The molecule has 1 heterocycles. The van der Waals surface area contributed by atoms with E-state index in [1.54, 1.807) is 19.2 Å². The normalized spacial score (nSPS) is 21.9. The van der Waals surface area contributed by atoms with Crippen LogP contribution < -0.4 is 18.9 Å². The second kappa shape index (κ2) is 9.58. The SMILES string of the molecule is COc1ccc(C23CCC(OC(=O)c4cc(OC)c(OC)c(OC)c4)=CC2N(C)CC3)cc1C. The van der Waals surface area contributed by atoms with Gasteiger partial charge in [0.15, 0.2) is 11.5 Å². The maximum atomic E-state index is 13.0. The van der Waals surface area contributed by atoms with Gasteiger partial charge >= 0.3 is 5.97 Å². The van der Waals surface area contributed by atoms with Gasteiger partial charge in [-0.25, -0.2) is 4.79 Å². The molecule has 0 radical (unpaired) electrons. The molecule has 2 aliphatic rings. The van der Waals surface area contributed by atoms with Crippen molar-refractivity contribution < 1.29 is 28.5 Å². The molecular weight excluding hydrogens is 434 g/mol. The summed E-state index contributed by atoms with van der Waals surface area (Å²) in [6.07, 6.45) is 4.77. The zero-order valence-corrected chi connectivity index (χ0v) is 20.8. The summed E-state index contributed by atoms with van der Waals surface area (Å²) in [5.41, 5.74) is 2.78. The molecule has 0 saturated carbocycles. The monoisotopic (exact) mass is 467 g/mol. The van der Waals surface area contributed by atoms with E-state index in [0.29, 0.717) is 35.0 Å². The second-order valence-corrected chi connectivity index (χ2v) is 8.95. The maximum Gasteiger partial charge on any atom is 0.343 e. The Balaban J connectivity index is 1.61. The van der Waals surface area contributed by atoms with E-state index in [2.05, 4.69) is 43.1 Å². The molecule has 0 aromatic heterocycles. The largest absolute Gasteiger partial charge is 0.496 e. The predicted molar refractivity (Wildman–Crippen MR) is 129 cm³/mol. The van der Waals surface area contributed by atoms with E-state index in [-0.39, 0.29) is 11.5 Å². The lowest BCUT2D eigenvalue weighted by molar-refractivity contribution is 0.0592. The summed E-state index contributed by atoms with van der Waals surface area (Å²) < 4.78 is 27.4. The lowest BCUT2D eigenvalue weighted by Gasteiger charge is -2.40. The molecule has 34 heavy (non-hydrogen) atoms. The highest BCUT2D eigenvalue weighted by molar-refractivity contribution is 5.92. The van der Waals surface area contributed by atoms with Gasteiger partial charge in [-0.05, 0) is 68.8 Å². The van der Waals surface area contributed by atoms with Crippen LogP contribution in [-0.4, -0.2) is 58.9 Å². The summed E-state index contributed by atoms with van der Waals surface area (Å²) in [5.74, 6) is 2.41.